The third-order valence-corrected chi connectivity index (χ3v) is 10.0. The molecule has 18 heavy (non-hydrogen) atoms. The lowest BCUT2D eigenvalue weighted by atomic mass is 9.56. The van der Waals surface area contributed by atoms with Gasteiger partial charge in [0.05, 0.1) is 0 Å². The Kier molecular flexibility index (Phi) is 3.01. The second kappa shape index (κ2) is 4.57. The second-order valence-corrected chi connectivity index (χ2v) is 10.5. The third-order valence-electron chi connectivity index (χ3n) is 5.28. The molecular weight excluding hydrogens is 254 g/mol. The maximum atomic E-state index is 2.33. The van der Waals surface area contributed by atoms with Gasteiger partial charge in [0.1, 0.15) is 0 Å². The largest absolute Gasteiger partial charge is 0.0882 e. The molecule has 0 saturated heterocycles. The van der Waals surface area contributed by atoms with E-state index in [-0.39, 0.29) is 0 Å². The van der Waals surface area contributed by atoms with Gasteiger partial charge >= 0.3 is 0 Å². The molecule has 0 aliphatic heterocycles. The van der Waals surface area contributed by atoms with Gasteiger partial charge in [-0.2, -0.15) is 0 Å². The van der Waals surface area contributed by atoms with Crippen LogP contribution < -0.4 is 5.30 Å². The Morgan fingerprint density at radius 1 is 0.833 bits per heavy atom. The molecule has 0 amide bonds. The van der Waals surface area contributed by atoms with Crippen molar-refractivity contribution in [3.05, 3.63) is 30.3 Å². The van der Waals surface area contributed by atoms with Crippen LogP contribution in [0.15, 0.2) is 30.3 Å². The standard InChI is InChI=1S/C16H22P2/c1-2-4-15(5-3-1)17-18-16-9-12-6-13(10-16)8-14(7-12)11-16/h1-5,12-14,17-18H,6-11H2. The van der Waals surface area contributed by atoms with E-state index in [4.69, 9.17) is 0 Å². The van der Waals surface area contributed by atoms with Crippen LogP contribution in [0.3, 0.4) is 0 Å². The van der Waals surface area contributed by atoms with Crippen molar-refractivity contribution in [1.82, 2.24) is 0 Å². The molecule has 0 aromatic heterocycles. The quantitative estimate of drug-likeness (QED) is 0.710. The first kappa shape index (κ1) is 11.9. The molecule has 4 saturated carbocycles. The van der Waals surface area contributed by atoms with Gasteiger partial charge in [-0.15, -0.1) is 0 Å². The van der Waals surface area contributed by atoms with E-state index < -0.39 is 0 Å². The number of benzene rings is 1. The molecule has 4 aliphatic rings. The minimum atomic E-state index is 0.795. The van der Waals surface area contributed by atoms with Crippen LogP contribution in [-0.2, 0) is 0 Å². The van der Waals surface area contributed by atoms with Gasteiger partial charge in [-0.3, -0.25) is 0 Å². The third kappa shape index (κ3) is 2.17. The molecule has 2 heteroatoms. The van der Waals surface area contributed by atoms with Crippen molar-refractivity contribution in [3.8, 4) is 0 Å². The van der Waals surface area contributed by atoms with E-state index in [2.05, 4.69) is 30.3 Å². The first-order chi connectivity index (χ1) is 8.81. The van der Waals surface area contributed by atoms with Crippen LogP contribution in [0.25, 0.3) is 0 Å². The summed E-state index contributed by atoms with van der Waals surface area (Å²) >= 11 is 0. The van der Waals surface area contributed by atoms with E-state index in [0.29, 0.717) is 0 Å². The summed E-state index contributed by atoms with van der Waals surface area (Å²) < 4.78 is 0. The first-order valence-electron chi connectivity index (χ1n) is 7.40. The Hall–Kier alpha value is 0.0800. The number of hydrogen-bond donors (Lipinski definition) is 0. The van der Waals surface area contributed by atoms with Gasteiger partial charge < -0.3 is 0 Å². The summed E-state index contributed by atoms with van der Waals surface area (Å²) in [4.78, 5) is 0. The summed E-state index contributed by atoms with van der Waals surface area (Å²) in [5, 5.41) is 2.38. The van der Waals surface area contributed by atoms with E-state index in [1.54, 1.807) is 43.8 Å². The van der Waals surface area contributed by atoms with E-state index in [9.17, 15) is 0 Å². The fourth-order valence-electron chi connectivity index (χ4n) is 4.99. The van der Waals surface area contributed by atoms with Crippen LogP contribution in [0.2, 0.25) is 0 Å². The molecule has 4 fully saturated rings. The molecule has 1 aromatic carbocycles. The van der Waals surface area contributed by atoms with E-state index >= 15 is 0 Å². The molecule has 2 atom stereocenters. The van der Waals surface area contributed by atoms with Gasteiger partial charge in [0.15, 0.2) is 0 Å². The van der Waals surface area contributed by atoms with Crippen molar-refractivity contribution in [2.24, 2.45) is 17.8 Å². The molecule has 1 aromatic rings. The molecule has 4 bridgehead atoms. The Morgan fingerprint density at radius 2 is 1.39 bits per heavy atom. The predicted molar refractivity (Wildman–Crippen MR) is 83.6 cm³/mol. The molecule has 0 nitrogen and oxygen atoms in total. The average molecular weight is 276 g/mol. The zero-order chi connectivity index (χ0) is 12.0. The molecule has 0 heterocycles. The summed E-state index contributed by atoms with van der Waals surface area (Å²) in [6, 6.07) is 11.2. The van der Waals surface area contributed by atoms with Gasteiger partial charge in [-0.25, -0.2) is 0 Å². The van der Waals surface area contributed by atoms with Crippen molar-refractivity contribution in [2.45, 2.75) is 43.7 Å². The fraction of sp³-hybridized carbons (Fsp3) is 0.625. The van der Waals surface area contributed by atoms with Crippen molar-refractivity contribution in [1.29, 1.82) is 0 Å². The molecule has 0 N–H and O–H groups in total. The Labute approximate surface area is 114 Å². The highest BCUT2D eigenvalue weighted by Crippen LogP contribution is 2.66. The SMILES string of the molecule is c1ccc(PPC23CC4CC(CC(C4)C2)C3)cc1. The lowest BCUT2D eigenvalue weighted by molar-refractivity contribution is 0.0375. The highest BCUT2D eigenvalue weighted by atomic mass is 32.0. The summed E-state index contributed by atoms with van der Waals surface area (Å²) in [5.41, 5.74) is 0. The van der Waals surface area contributed by atoms with Crippen LogP contribution in [0.4, 0.5) is 0 Å². The molecule has 96 valence electrons. The van der Waals surface area contributed by atoms with Gasteiger partial charge in [0.2, 0.25) is 0 Å². The van der Waals surface area contributed by atoms with Crippen LogP contribution in [-0.4, -0.2) is 5.16 Å². The van der Waals surface area contributed by atoms with Crippen molar-refractivity contribution in [2.75, 3.05) is 0 Å². The van der Waals surface area contributed by atoms with Crippen molar-refractivity contribution in [3.63, 3.8) is 0 Å². The maximum Gasteiger partial charge on any atom is -0.00746 e. The smallest absolute Gasteiger partial charge is 0.00746 e. The lowest BCUT2D eigenvalue weighted by Gasteiger charge is -2.57. The molecule has 4 aliphatic carbocycles. The minimum absolute atomic E-state index is 0.795. The molecule has 2 unspecified atom stereocenters. The molecule has 0 radical (unpaired) electrons. The Balaban J connectivity index is 1.48. The maximum absolute atomic E-state index is 2.33. The number of rotatable bonds is 3. The van der Waals surface area contributed by atoms with Gasteiger partial charge in [-0.1, -0.05) is 46.9 Å². The highest BCUT2D eigenvalue weighted by molar-refractivity contribution is 8.15. The fourth-order valence-corrected chi connectivity index (χ4v) is 9.58. The van der Waals surface area contributed by atoms with E-state index in [1.807, 2.05) is 0 Å². The number of hydrogen-bond acceptors (Lipinski definition) is 0. The zero-order valence-corrected chi connectivity index (χ0v) is 12.9. The summed E-state index contributed by atoms with van der Waals surface area (Å²) in [6.07, 6.45) is 9.49. The predicted octanol–water partition coefficient (Wildman–Crippen LogP) is 4.55. The average Bonchev–Trinajstić information content (AvgIpc) is 2.36. The van der Waals surface area contributed by atoms with Crippen LogP contribution in [0.1, 0.15) is 38.5 Å². The van der Waals surface area contributed by atoms with E-state index in [0.717, 1.165) is 31.2 Å². The highest BCUT2D eigenvalue weighted by Gasteiger charge is 2.50. The van der Waals surface area contributed by atoms with Crippen LogP contribution in [0.5, 0.6) is 0 Å². The monoisotopic (exact) mass is 276 g/mol. The summed E-state index contributed by atoms with van der Waals surface area (Å²) in [6.45, 7) is 0. The van der Waals surface area contributed by atoms with Crippen LogP contribution in [0, 0.1) is 17.8 Å². The topological polar surface area (TPSA) is 0 Å². The first-order valence-corrected chi connectivity index (χ1v) is 10.4. The van der Waals surface area contributed by atoms with Crippen molar-refractivity contribution >= 4 is 21.8 Å². The molecule has 5 rings (SSSR count). The van der Waals surface area contributed by atoms with Gasteiger partial charge in [-0.05, 0) is 66.7 Å². The second-order valence-electron chi connectivity index (χ2n) is 6.81. The zero-order valence-electron chi connectivity index (χ0n) is 10.9. The lowest BCUT2D eigenvalue weighted by Crippen LogP contribution is -2.47. The van der Waals surface area contributed by atoms with Crippen LogP contribution >= 0.6 is 16.5 Å². The minimum Gasteiger partial charge on any atom is -0.0882 e. The molecule has 0 spiro atoms. The Bertz CT molecular complexity index is 391. The van der Waals surface area contributed by atoms with Gasteiger partial charge in [0, 0.05) is 0 Å². The summed E-state index contributed by atoms with van der Waals surface area (Å²) in [7, 11) is 2.29. The van der Waals surface area contributed by atoms with Gasteiger partial charge in [0.25, 0.3) is 0 Å². The van der Waals surface area contributed by atoms with Crippen molar-refractivity contribution < 1.29 is 0 Å². The van der Waals surface area contributed by atoms with E-state index in [1.165, 1.54) is 8.27 Å². The summed E-state index contributed by atoms with van der Waals surface area (Å²) in [5.74, 6) is 3.35. The normalized spacial score (nSPS) is 42.6. The molecular formula is C16H22P2. The Morgan fingerprint density at radius 3 is 1.94 bits per heavy atom.